The van der Waals surface area contributed by atoms with Gasteiger partial charge >= 0.3 is 12.1 Å². The first-order valence-corrected chi connectivity index (χ1v) is 8.78. The van der Waals surface area contributed by atoms with Gasteiger partial charge in [-0.15, -0.1) is 0 Å². The van der Waals surface area contributed by atoms with Crippen molar-refractivity contribution in [2.75, 3.05) is 13.3 Å². The lowest BCUT2D eigenvalue weighted by Crippen LogP contribution is -2.21. The third-order valence-electron chi connectivity index (χ3n) is 3.78. The predicted molar refractivity (Wildman–Crippen MR) is 99.4 cm³/mol. The minimum Gasteiger partial charge on any atom is -0.494 e. The number of benzene rings is 2. The van der Waals surface area contributed by atoms with Crippen molar-refractivity contribution in [3.63, 3.8) is 0 Å². The molecule has 4 nitrogen and oxygen atoms in total. The molecule has 0 saturated carbocycles. The maximum absolute atomic E-state index is 14.3. The second-order valence-corrected chi connectivity index (χ2v) is 5.98. The van der Waals surface area contributed by atoms with Crippen LogP contribution in [-0.4, -0.2) is 24.4 Å². The van der Waals surface area contributed by atoms with E-state index in [4.69, 9.17) is 14.6 Å². The number of hydrogen-bond donors (Lipinski definition) is 1. The van der Waals surface area contributed by atoms with Crippen LogP contribution >= 0.6 is 0 Å². The molecule has 0 atom stereocenters. The molecular weight excluding hydrogens is 373 g/mol. The van der Waals surface area contributed by atoms with E-state index in [2.05, 4.69) is 0 Å². The molecule has 0 bridgehead atoms. The van der Waals surface area contributed by atoms with Crippen LogP contribution in [0.15, 0.2) is 54.6 Å². The fraction of sp³-hybridized carbons (Fsp3) is 0.286. The number of rotatable bonds is 11. The zero-order valence-corrected chi connectivity index (χ0v) is 15.1. The summed E-state index contributed by atoms with van der Waals surface area (Å²) in [5.74, 6) is -0.625. The van der Waals surface area contributed by atoms with Crippen LogP contribution < -0.4 is 9.47 Å². The Kier molecular flexibility index (Phi) is 7.92. The highest BCUT2D eigenvalue weighted by molar-refractivity contribution is 5.85. The topological polar surface area (TPSA) is 55.8 Å². The summed E-state index contributed by atoms with van der Waals surface area (Å²) in [6.45, 7) is 0.0844. The van der Waals surface area contributed by atoms with E-state index in [1.54, 1.807) is 0 Å². The second kappa shape index (κ2) is 10.4. The minimum absolute atomic E-state index is 0.0235. The molecule has 0 aliphatic heterocycles. The maximum Gasteiger partial charge on any atom is 0.426 e. The predicted octanol–water partition coefficient (Wildman–Crippen LogP) is 5.43. The molecule has 1 N–H and O–H groups in total. The van der Waals surface area contributed by atoms with Gasteiger partial charge < -0.3 is 14.6 Å². The van der Waals surface area contributed by atoms with Crippen LogP contribution in [0.1, 0.15) is 30.4 Å². The van der Waals surface area contributed by atoms with Gasteiger partial charge in [0.05, 0.1) is 18.8 Å². The normalized spacial score (nSPS) is 11.5. The molecule has 0 saturated heterocycles. The van der Waals surface area contributed by atoms with Crippen molar-refractivity contribution in [3.05, 3.63) is 65.7 Å². The van der Waals surface area contributed by atoms with Crippen LogP contribution in [-0.2, 0) is 10.9 Å². The summed E-state index contributed by atoms with van der Waals surface area (Å²) in [4.78, 5) is 10.5. The van der Waals surface area contributed by atoms with Crippen molar-refractivity contribution in [1.29, 1.82) is 0 Å². The Bertz CT molecular complexity index is 771. The number of carboxylic acid groups (broad SMARTS) is 1. The lowest BCUT2D eigenvalue weighted by molar-refractivity contribution is -0.185. The van der Waals surface area contributed by atoms with Crippen LogP contribution in [0.5, 0.6) is 11.5 Å². The highest BCUT2D eigenvalue weighted by Gasteiger charge is 2.34. The Morgan fingerprint density at radius 2 is 1.61 bits per heavy atom. The summed E-state index contributed by atoms with van der Waals surface area (Å²) in [6.07, 6.45) is 0.633. The van der Waals surface area contributed by atoms with Gasteiger partial charge in [0.25, 0.3) is 0 Å². The third-order valence-corrected chi connectivity index (χ3v) is 3.78. The van der Waals surface area contributed by atoms with Gasteiger partial charge in [0, 0.05) is 6.08 Å². The number of halogens is 3. The number of hydrogen-bond acceptors (Lipinski definition) is 3. The number of carbonyl (C=O) groups is 1. The molecule has 0 aromatic heterocycles. The fourth-order valence-corrected chi connectivity index (χ4v) is 2.33. The molecule has 0 amide bonds. The summed E-state index contributed by atoms with van der Waals surface area (Å²) in [7, 11) is 0. The van der Waals surface area contributed by atoms with Gasteiger partial charge in [-0.2, -0.15) is 8.78 Å². The van der Waals surface area contributed by atoms with Gasteiger partial charge in [0.15, 0.2) is 0 Å². The Labute approximate surface area is 161 Å². The Hall–Kier alpha value is -2.96. The van der Waals surface area contributed by atoms with Gasteiger partial charge in [-0.3, -0.25) is 4.39 Å². The molecule has 2 aromatic carbocycles. The Balaban J connectivity index is 1.93. The zero-order valence-electron chi connectivity index (χ0n) is 15.1. The monoisotopic (exact) mass is 394 g/mol. The van der Waals surface area contributed by atoms with Crippen molar-refractivity contribution in [3.8, 4) is 11.5 Å². The van der Waals surface area contributed by atoms with Gasteiger partial charge in [-0.1, -0.05) is 12.1 Å². The number of alkyl halides is 3. The largest absolute Gasteiger partial charge is 0.494 e. The molecular formula is C21H21F3O4. The van der Waals surface area contributed by atoms with Gasteiger partial charge in [0.1, 0.15) is 11.5 Å². The van der Waals surface area contributed by atoms with Gasteiger partial charge in [-0.25, -0.2) is 4.79 Å². The molecule has 0 spiro atoms. The summed E-state index contributed by atoms with van der Waals surface area (Å²) >= 11 is 0. The molecule has 0 aliphatic carbocycles. The molecule has 0 unspecified atom stereocenters. The number of unbranched alkanes of at least 4 members (excludes halogenated alkanes) is 2. The summed E-state index contributed by atoms with van der Waals surface area (Å²) in [6, 6.07) is 10.9. The van der Waals surface area contributed by atoms with Crippen molar-refractivity contribution >= 4 is 12.0 Å². The summed E-state index contributed by atoms with van der Waals surface area (Å²) in [5.41, 5.74) is 0.128. The molecule has 7 heteroatoms. The highest BCUT2D eigenvalue weighted by Crippen LogP contribution is 2.32. The third kappa shape index (κ3) is 6.98. The average molecular weight is 394 g/mol. The lowest BCUT2D eigenvalue weighted by Gasteiger charge is -2.18. The van der Waals surface area contributed by atoms with E-state index in [1.807, 2.05) is 0 Å². The van der Waals surface area contributed by atoms with Crippen LogP contribution in [0.3, 0.4) is 0 Å². The van der Waals surface area contributed by atoms with Crippen LogP contribution in [0.25, 0.3) is 6.08 Å². The van der Waals surface area contributed by atoms with Crippen LogP contribution in [0.2, 0.25) is 0 Å². The van der Waals surface area contributed by atoms with Crippen molar-refractivity contribution in [2.45, 2.75) is 25.4 Å². The van der Waals surface area contributed by atoms with E-state index in [-0.39, 0.29) is 18.0 Å². The summed E-state index contributed by atoms with van der Waals surface area (Å²) in [5, 5.41) is 8.57. The molecule has 2 rings (SSSR count). The molecule has 0 radical (unpaired) electrons. The molecule has 28 heavy (non-hydrogen) atoms. The van der Waals surface area contributed by atoms with E-state index in [0.717, 1.165) is 18.9 Å². The van der Waals surface area contributed by atoms with E-state index < -0.39 is 12.1 Å². The second-order valence-electron chi connectivity index (χ2n) is 5.98. The molecule has 150 valence electrons. The van der Waals surface area contributed by atoms with Gasteiger partial charge in [-0.05, 0) is 67.3 Å². The fourth-order valence-electron chi connectivity index (χ4n) is 2.33. The Morgan fingerprint density at radius 1 is 0.964 bits per heavy atom. The first-order valence-electron chi connectivity index (χ1n) is 8.78. The first-order chi connectivity index (χ1) is 13.4. The molecule has 0 heterocycles. The van der Waals surface area contributed by atoms with Gasteiger partial charge in [0.2, 0.25) is 0 Å². The average Bonchev–Trinajstić information content (AvgIpc) is 2.67. The lowest BCUT2D eigenvalue weighted by atomic mass is 10.1. The number of aliphatic carboxylic acids is 1. The minimum atomic E-state index is -3.55. The molecule has 0 fully saturated rings. The van der Waals surface area contributed by atoms with Crippen LogP contribution in [0.4, 0.5) is 13.2 Å². The Morgan fingerprint density at radius 3 is 2.21 bits per heavy atom. The van der Waals surface area contributed by atoms with E-state index in [9.17, 15) is 18.0 Å². The smallest absolute Gasteiger partial charge is 0.426 e. The van der Waals surface area contributed by atoms with E-state index in [0.29, 0.717) is 24.3 Å². The molecule has 2 aromatic rings. The van der Waals surface area contributed by atoms with Crippen LogP contribution in [0, 0.1) is 0 Å². The first kappa shape index (κ1) is 21.3. The van der Waals surface area contributed by atoms with Crippen molar-refractivity contribution in [2.24, 2.45) is 0 Å². The number of carboxylic acids is 1. The zero-order chi connectivity index (χ0) is 20.4. The standard InChI is InChI=1S/C21H21F3O4/c22-14-2-1-3-15-27-18-9-11-19(12-10-18)28-21(23,24)17-7-4-16(5-8-17)6-13-20(25)26/h4-13H,1-3,14-15H2,(H,25,26). The van der Waals surface area contributed by atoms with Crippen molar-refractivity contribution in [1.82, 2.24) is 0 Å². The number of ether oxygens (including phenoxy) is 2. The van der Waals surface area contributed by atoms with Crippen molar-refractivity contribution < 1.29 is 32.5 Å². The van der Waals surface area contributed by atoms with E-state index >= 15 is 0 Å². The summed E-state index contributed by atoms with van der Waals surface area (Å²) < 4.78 is 50.9. The van der Waals surface area contributed by atoms with E-state index in [1.165, 1.54) is 54.6 Å². The molecule has 0 aliphatic rings. The highest BCUT2D eigenvalue weighted by atomic mass is 19.3. The maximum atomic E-state index is 14.3. The quantitative estimate of drug-likeness (QED) is 0.408. The SMILES string of the molecule is O=C(O)C=Cc1ccc(C(F)(F)Oc2ccc(OCCCCCF)cc2)cc1.